The van der Waals surface area contributed by atoms with Crippen molar-refractivity contribution in [2.45, 2.75) is 0 Å². The predicted octanol–water partition coefficient (Wildman–Crippen LogP) is 13.9. The lowest BCUT2D eigenvalue weighted by Crippen LogP contribution is -1.93. The van der Waals surface area contributed by atoms with Gasteiger partial charge in [0.1, 0.15) is 0 Å². The predicted molar refractivity (Wildman–Crippen MR) is 213 cm³/mol. The summed E-state index contributed by atoms with van der Waals surface area (Å²) in [5, 5.41) is 5.14. The van der Waals surface area contributed by atoms with E-state index >= 15 is 0 Å². The summed E-state index contributed by atoms with van der Waals surface area (Å²) in [5.74, 6) is 0. The van der Waals surface area contributed by atoms with Gasteiger partial charge in [0.15, 0.2) is 0 Å². The van der Waals surface area contributed by atoms with Crippen molar-refractivity contribution in [2.24, 2.45) is 0 Å². The summed E-state index contributed by atoms with van der Waals surface area (Å²) in [5.41, 5.74) is 11.2. The van der Waals surface area contributed by atoms with Crippen LogP contribution in [0.1, 0.15) is 0 Å². The largest absolute Gasteiger partial charge is 0.309 e. The number of fused-ring (bicyclic) bond motifs is 5. The van der Waals surface area contributed by atoms with Crippen LogP contribution in [0, 0.1) is 0 Å². The van der Waals surface area contributed by atoms with E-state index in [1.807, 2.05) is 22.7 Å². The maximum Gasteiger partial charge on any atom is 0.0547 e. The van der Waals surface area contributed by atoms with Crippen molar-refractivity contribution in [2.75, 3.05) is 0 Å². The third kappa shape index (κ3) is 4.74. The fourth-order valence-corrected chi connectivity index (χ4v) is 9.77. The number of aromatic nitrogens is 1. The second-order valence-corrected chi connectivity index (χ2v) is 14.7. The second kappa shape index (κ2) is 11.5. The quantitative estimate of drug-likeness (QED) is 0.173. The molecule has 3 heteroatoms. The van der Waals surface area contributed by atoms with Gasteiger partial charge in [-0.25, -0.2) is 0 Å². The molecule has 10 aromatic rings. The van der Waals surface area contributed by atoms with E-state index in [-0.39, 0.29) is 0 Å². The molecule has 0 fully saturated rings. The maximum atomic E-state index is 2.40. The first-order valence-electron chi connectivity index (χ1n) is 16.6. The van der Waals surface area contributed by atoms with Gasteiger partial charge in [-0.2, -0.15) is 0 Å². The average molecular weight is 660 g/mol. The van der Waals surface area contributed by atoms with Crippen LogP contribution in [0.25, 0.3) is 90.8 Å². The maximum absolute atomic E-state index is 2.40. The molecule has 0 aliphatic heterocycles. The van der Waals surface area contributed by atoms with E-state index in [0.717, 1.165) is 0 Å². The van der Waals surface area contributed by atoms with Crippen molar-refractivity contribution < 1.29 is 0 Å². The lowest BCUT2D eigenvalue weighted by molar-refractivity contribution is 1.18. The van der Waals surface area contributed by atoms with Crippen molar-refractivity contribution in [1.29, 1.82) is 0 Å². The molecule has 7 aromatic carbocycles. The molecule has 0 bridgehead atoms. The van der Waals surface area contributed by atoms with Gasteiger partial charge in [-0.15, -0.1) is 22.7 Å². The van der Waals surface area contributed by atoms with Crippen molar-refractivity contribution >= 4 is 64.7 Å². The Labute approximate surface area is 292 Å². The van der Waals surface area contributed by atoms with Gasteiger partial charge in [0.05, 0.1) is 15.9 Å². The van der Waals surface area contributed by atoms with Crippen LogP contribution in [0.2, 0.25) is 0 Å². The first-order valence-corrected chi connectivity index (χ1v) is 18.2. The van der Waals surface area contributed by atoms with Crippen LogP contribution in [-0.4, -0.2) is 4.57 Å². The van der Waals surface area contributed by atoms with Crippen molar-refractivity contribution in [3.05, 3.63) is 176 Å². The van der Waals surface area contributed by atoms with Crippen molar-refractivity contribution in [3.8, 4) is 48.8 Å². The Morgan fingerprint density at radius 2 is 0.959 bits per heavy atom. The number of benzene rings is 7. The molecule has 3 heterocycles. The van der Waals surface area contributed by atoms with Gasteiger partial charge in [0, 0.05) is 41.7 Å². The SMILES string of the molecule is c1ccc(-c2ccc3cc(-c4sc5cc(-c6ccc7c8ccccc8n(-c8ccccc8)c7c6)ccc5c4-c4ccccc4)sc3c2)cc1. The molecular weight excluding hydrogens is 631 g/mol. The Kier molecular flexibility index (Phi) is 6.61. The number of para-hydroxylation sites is 2. The van der Waals surface area contributed by atoms with E-state index in [1.165, 1.54) is 90.8 Å². The minimum atomic E-state index is 1.18. The number of rotatable bonds is 5. The van der Waals surface area contributed by atoms with E-state index < -0.39 is 0 Å². The molecule has 0 atom stereocenters. The summed E-state index contributed by atoms with van der Waals surface area (Å²) < 4.78 is 5.02. The van der Waals surface area contributed by atoms with Gasteiger partial charge in [-0.3, -0.25) is 0 Å². The first kappa shape index (κ1) is 28.3. The molecule has 10 rings (SSSR count). The van der Waals surface area contributed by atoms with Gasteiger partial charge in [-0.05, 0) is 75.7 Å². The zero-order valence-electron chi connectivity index (χ0n) is 26.5. The van der Waals surface area contributed by atoms with Gasteiger partial charge >= 0.3 is 0 Å². The van der Waals surface area contributed by atoms with Crippen molar-refractivity contribution in [1.82, 2.24) is 4.57 Å². The fraction of sp³-hybridized carbons (Fsp3) is 0. The van der Waals surface area contributed by atoms with E-state index in [9.17, 15) is 0 Å². The normalized spacial score (nSPS) is 11.7. The smallest absolute Gasteiger partial charge is 0.0547 e. The molecule has 0 saturated carbocycles. The standard InChI is InChI=1S/C46H29NS2/c1-4-12-30(13-5-1)33-20-21-35-29-44(48-42(35)27-33)46-45(31-14-6-2-7-15-31)39-25-23-34(28-43(39)49-46)32-22-24-38-37-18-10-11-19-40(37)47(41(38)26-32)36-16-8-3-9-17-36/h1-29H. The minimum Gasteiger partial charge on any atom is -0.309 e. The van der Waals surface area contributed by atoms with Gasteiger partial charge in [0.25, 0.3) is 0 Å². The van der Waals surface area contributed by atoms with Gasteiger partial charge in [0.2, 0.25) is 0 Å². The molecule has 0 amide bonds. The van der Waals surface area contributed by atoms with E-state index in [2.05, 4.69) is 180 Å². The number of hydrogen-bond donors (Lipinski definition) is 0. The monoisotopic (exact) mass is 659 g/mol. The van der Waals surface area contributed by atoms with Crippen LogP contribution in [0.3, 0.4) is 0 Å². The van der Waals surface area contributed by atoms with Crippen LogP contribution < -0.4 is 0 Å². The molecule has 0 N–H and O–H groups in total. The number of hydrogen-bond acceptors (Lipinski definition) is 2. The molecular formula is C46H29NS2. The first-order chi connectivity index (χ1) is 24.3. The van der Waals surface area contributed by atoms with Crippen LogP contribution in [-0.2, 0) is 0 Å². The van der Waals surface area contributed by atoms with Crippen LogP contribution >= 0.6 is 22.7 Å². The Morgan fingerprint density at radius 1 is 0.367 bits per heavy atom. The second-order valence-electron chi connectivity index (χ2n) is 12.5. The molecule has 0 saturated heterocycles. The van der Waals surface area contributed by atoms with E-state index in [0.29, 0.717) is 0 Å². The zero-order valence-corrected chi connectivity index (χ0v) is 28.1. The topological polar surface area (TPSA) is 4.93 Å². The number of thiophene rings is 2. The fourth-order valence-electron chi connectivity index (χ4n) is 7.30. The highest BCUT2D eigenvalue weighted by Gasteiger charge is 2.19. The molecule has 0 aliphatic carbocycles. The summed E-state index contributed by atoms with van der Waals surface area (Å²) in [7, 11) is 0. The Bertz CT molecular complexity index is 2800. The average Bonchev–Trinajstić information content (AvgIpc) is 3.87. The summed E-state index contributed by atoms with van der Waals surface area (Å²) in [6.07, 6.45) is 0. The van der Waals surface area contributed by atoms with Crippen molar-refractivity contribution in [3.63, 3.8) is 0 Å². The molecule has 0 spiro atoms. The zero-order chi connectivity index (χ0) is 32.3. The minimum absolute atomic E-state index is 1.18. The Morgan fingerprint density at radius 3 is 1.76 bits per heavy atom. The molecule has 1 nitrogen and oxygen atoms in total. The summed E-state index contributed by atoms with van der Waals surface area (Å²) in [6.45, 7) is 0. The summed E-state index contributed by atoms with van der Waals surface area (Å²) >= 11 is 3.80. The highest BCUT2D eigenvalue weighted by molar-refractivity contribution is 7.29. The lowest BCUT2D eigenvalue weighted by Gasteiger charge is -2.09. The van der Waals surface area contributed by atoms with Crippen LogP contribution in [0.15, 0.2) is 176 Å². The lowest BCUT2D eigenvalue weighted by atomic mass is 9.98. The molecule has 230 valence electrons. The molecule has 49 heavy (non-hydrogen) atoms. The highest BCUT2D eigenvalue weighted by Crippen LogP contribution is 2.49. The number of nitrogens with zero attached hydrogens (tertiary/aromatic N) is 1. The third-order valence-corrected chi connectivity index (χ3v) is 12.1. The van der Waals surface area contributed by atoms with Crippen LogP contribution in [0.4, 0.5) is 0 Å². The van der Waals surface area contributed by atoms with Crippen LogP contribution in [0.5, 0.6) is 0 Å². The molecule has 0 unspecified atom stereocenters. The van der Waals surface area contributed by atoms with Gasteiger partial charge < -0.3 is 4.57 Å². The molecule has 0 radical (unpaired) electrons. The van der Waals surface area contributed by atoms with Gasteiger partial charge in [-0.1, -0.05) is 133 Å². The summed E-state index contributed by atoms with van der Waals surface area (Å²) in [4.78, 5) is 2.65. The Balaban J connectivity index is 1.14. The molecule has 3 aromatic heterocycles. The highest BCUT2D eigenvalue weighted by atomic mass is 32.1. The third-order valence-electron chi connectivity index (χ3n) is 9.62. The summed E-state index contributed by atoms with van der Waals surface area (Å²) in [6, 6.07) is 64.2. The molecule has 0 aliphatic rings. The van der Waals surface area contributed by atoms with E-state index in [1.54, 1.807) is 0 Å². The Hall–Kier alpha value is -5.74. The van der Waals surface area contributed by atoms with E-state index in [4.69, 9.17) is 0 Å².